The third-order valence-corrected chi connectivity index (χ3v) is 3.65. The molecule has 0 radical (unpaired) electrons. The third kappa shape index (κ3) is 6.38. The molecule has 0 aliphatic rings. The zero-order chi connectivity index (χ0) is 15.7. The molecule has 1 N–H and O–H groups in total. The maximum Gasteiger partial charge on any atom is 0.161 e. The lowest BCUT2D eigenvalue weighted by Gasteiger charge is -2.31. The Hall–Kier alpha value is -1.22. The van der Waals surface area contributed by atoms with E-state index in [2.05, 4.69) is 33.0 Å². The fraction of sp³-hybridized carbons (Fsp3) is 0.667. The predicted octanol–water partition coefficient (Wildman–Crippen LogP) is 4.27. The van der Waals surface area contributed by atoms with Crippen molar-refractivity contribution in [3.63, 3.8) is 0 Å². The van der Waals surface area contributed by atoms with Crippen LogP contribution in [0.2, 0.25) is 0 Å². The van der Waals surface area contributed by atoms with Crippen LogP contribution in [0, 0.1) is 5.41 Å². The summed E-state index contributed by atoms with van der Waals surface area (Å²) in [7, 11) is 1.67. The lowest BCUT2D eigenvalue weighted by Crippen LogP contribution is -2.40. The summed E-state index contributed by atoms with van der Waals surface area (Å²) in [6.07, 6.45) is 3.33. The van der Waals surface area contributed by atoms with Gasteiger partial charge in [-0.25, -0.2) is 0 Å². The molecule has 0 aromatic heterocycles. The highest BCUT2D eigenvalue weighted by atomic mass is 16.5. The standard InChI is InChI=1S/C18H31NO2/c1-6-13-19-17(18(2,3)4)12-9-14-21-16-11-8-7-10-15(16)20-5/h7-8,10-11,17,19H,6,9,12-14H2,1-5H3. The van der Waals surface area contributed by atoms with E-state index in [4.69, 9.17) is 9.47 Å². The SMILES string of the molecule is CCCNC(CCCOc1ccccc1OC)C(C)(C)C. The molecule has 0 saturated heterocycles. The highest BCUT2D eigenvalue weighted by molar-refractivity contribution is 5.39. The highest BCUT2D eigenvalue weighted by Gasteiger charge is 2.23. The van der Waals surface area contributed by atoms with Crippen LogP contribution in [0.25, 0.3) is 0 Å². The molecular weight excluding hydrogens is 262 g/mol. The summed E-state index contributed by atoms with van der Waals surface area (Å²) in [5, 5.41) is 3.65. The second-order valence-corrected chi connectivity index (χ2v) is 6.51. The topological polar surface area (TPSA) is 30.5 Å². The smallest absolute Gasteiger partial charge is 0.161 e. The van der Waals surface area contributed by atoms with Gasteiger partial charge in [-0.1, -0.05) is 39.8 Å². The van der Waals surface area contributed by atoms with Gasteiger partial charge in [0.2, 0.25) is 0 Å². The second kappa shape index (κ2) is 8.93. The molecule has 1 rings (SSSR count). The molecule has 0 heterocycles. The Balaban J connectivity index is 2.40. The van der Waals surface area contributed by atoms with Gasteiger partial charge < -0.3 is 14.8 Å². The molecule has 0 bridgehead atoms. The summed E-state index contributed by atoms with van der Waals surface area (Å²) < 4.78 is 11.1. The van der Waals surface area contributed by atoms with Crippen molar-refractivity contribution in [2.24, 2.45) is 5.41 Å². The van der Waals surface area contributed by atoms with Crippen LogP contribution in [0.3, 0.4) is 0 Å². The van der Waals surface area contributed by atoms with Crippen LogP contribution in [-0.2, 0) is 0 Å². The molecule has 120 valence electrons. The lowest BCUT2D eigenvalue weighted by molar-refractivity contribution is 0.225. The second-order valence-electron chi connectivity index (χ2n) is 6.51. The summed E-state index contributed by atoms with van der Waals surface area (Å²) in [5.74, 6) is 1.63. The Kier molecular flexibility index (Phi) is 7.58. The largest absolute Gasteiger partial charge is 0.493 e. The summed E-state index contributed by atoms with van der Waals surface area (Å²) in [5.41, 5.74) is 0.277. The van der Waals surface area contributed by atoms with Gasteiger partial charge >= 0.3 is 0 Å². The van der Waals surface area contributed by atoms with Gasteiger partial charge in [0.25, 0.3) is 0 Å². The minimum absolute atomic E-state index is 0.277. The molecule has 0 aliphatic carbocycles. The minimum atomic E-state index is 0.277. The van der Waals surface area contributed by atoms with Crippen LogP contribution in [0.5, 0.6) is 11.5 Å². The predicted molar refractivity (Wildman–Crippen MR) is 89.3 cm³/mol. The van der Waals surface area contributed by atoms with Gasteiger partial charge in [-0.15, -0.1) is 0 Å². The van der Waals surface area contributed by atoms with Crippen LogP contribution >= 0.6 is 0 Å². The van der Waals surface area contributed by atoms with Gasteiger partial charge in [-0.2, -0.15) is 0 Å². The van der Waals surface area contributed by atoms with E-state index in [0.29, 0.717) is 6.04 Å². The number of hydrogen-bond donors (Lipinski definition) is 1. The Morgan fingerprint density at radius 1 is 1.14 bits per heavy atom. The fourth-order valence-corrected chi connectivity index (χ4v) is 2.37. The molecule has 0 fully saturated rings. The first-order chi connectivity index (χ1) is 9.99. The maximum absolute atomic E-state index is 5.84. The quantitative estimate of drug-likeness (QED) is 0.690. The molecular formula is C18H31NO2. The minimum Gasteiger partial charge on any atom is -0.493 e. The van der Waals surface area contributed by atoms with E-state index in [1.807, 2.05) is 24.3 Å². The van der Waals surface area contributed by atoms with Crippen LogP contribution in [-0.4, -0.2) is 26.3 Å². The maximum atomic E-state index is 5.84. The highest BCUT2D eigenvalue weighted by Crippen LogP contribution is 2.27. The van der Waals surface area contributed by atoms with Crippen molar-refractivity contribution < 1.29 is 9.47 Å². The zero-order valence-electron chi connectivity index (χ0n) is 14.2. The fourth-order valence-electron chi connectivity index (χ4n) is 2.37. The van der Waals surface area contributed by atoms with E-state index >= 15 is 0 Å². The number of methoxy groups -OCH3 is 1. The third-order valence-electron chi connectivity index (χ3n) is 3.65. The van der Waals surface area contributed by atoms with Gasteiger partial charge in [0.15, 0.2) is 11.5 Å². The van der Waals surface area contributed by atoms with Gasteiger partial charge in [-0.3, -0.25) is 0 Å². The molecule has 3 nitrogen and oxygen atoms in total. The summed E-state index contributed by atoms with van der Waals surface area (Å²) in [6, 6.07) is 8.33. The van der Waals surface area contributed by atoms with Crippen molar-refractivity contribution >= 4 is 0 Å². The number of benzene rings is 1. The van der Waals surface area contributed by atoms with Crippen molar-refractivity contribution in [3.05, 3.63) is 24.3 Å². The normalized spacial score (nSPS) is 13.0. The summed E-state index contributed by atoms with van der Waals surface area (Å²) in [4.78, 5) is 0. The number of rotatable bonds is 9. The summed E-state index contributed by atoms with van der Waals surface area (Å²) in [6.45, 7) is 10.9. The van der Waals surface area contributed by atoms with E-state index in [1.165, 1.54) is 6.42 Å². The first-order valence-corrected chi connectivity index (χ1v) is 7.98. The average Bonchev–Trinajstić information content (AvgIpc) is 2.45. The van der Waals surface area contributed by atoms with Crippen LogP contribution in [0.4, 0.5) is 0 Å². The Morgan fingerprint density at radius 3 is 2.38 bits per heavy atom. The summed E-state index contributed by atoms with van der Waals surface area (Å²) >= 11 is 0. The lowest BCUT2D eigenvalue weighted by atomic mass is 9.84. The molecule has 1 unspecified atom stereocenters. The van der Waals surface area contributed by atoms with Crippen molar-refractivity contribution in [2.75, 3.05) is 20.3 Å². The van der Waals surface area contributed by atoms with Gasteiger partial charge in [0.1, 0.15) is 0 Å². The first kappa shape index (κ1) is 17.8. The van der Waals surface area contributed by atoms with Crippen LogP contribution < -0.4 is 14.8 Å². The van der Waals surface area contributed by atoms with E-state index in [9.17, 15) is 0 Å². The molecule has 0 spiro atoms. The monoisotopic (exact) mass is 293 g/mol. The van der Waals surface area contributed by atoms with Crippen molar-refractivity contribution in [3.8, 4) is 11.5 Å². The van der Waals surface area contributed by atoms with Crippen molar-refractivity contribution in [1.82, 2.24) is 5.32 Å². The van der Waals surface area contributed by atoms with E-state index in [-0.39, 0.29) is 5.41 Å². The zero-order valence-corrected chi connectivity index (χ0v) is 14.2. The molecule has 21 heavy (non-hydrogen) atoms. The molecule has 0 amide bonds. The Bertz CT molecular complexity index is 398. The molecule has 1 atom stereocenters. The Labute approximate surface area is 130 Å². The molecule has 0 saturated carbocycles. The van der Waals surface area contributed by atoms with Gasteiger partial charge in [0.05, 0.1) is 13.7 Å². The Morgan fingerprint density at radius 2 is 1.81 bits per heavy atom. The first-order valence-electron chi connectivity index (χ1n) is 7.98. The average molecular weight is 293 g/mol. The number of ether oxygens (including phenoxy) is 2. The molecule has 1 aromatic carbocycles. The van der Waals surface area contributed by atoms with Crippen molar-refractivity contribution in [2.45, 2.75) is 53.0 Å². The number of hydrogen-bond acceptors (Lipinski definition) is 3. The molecule has 3 heteroatoms. The number of nitrogens with one attached hydrogen (secondary N) is 1. The van der Waals surface area contributed by atoms with Gasteiger partial charge in [0, 0.05) is 6.04 Å². The number of para-hydroxylation sites is 2. The van der Waals surface area contributed by atoms with E-state index in [0.717, 1.165) is 37.5 Å². The van der Waals surface area contributed by atoms with Crippen molar-refractivity contribution in [1.29, 1.82) is 0 Å². The van der Waals surface area contributed by atoms with Gasteiger partial charge in [-0.05, 0) is 43.4 Å². The van der Waals surface area contributed by atoms with Crippen LogP contribution in [0.15, 0.2) is 24.3 Å². The molecule has 0 aliphatic heterocycles. The van der Waals surface area contributed by atoms with E-state index in [1.54, 1.807) is 7.11 Å². The van der Waals surface area contributed by atoms with E-state index < -0.39 is 0 Å². The van der Waals surface area contributed by atoms with Crippen LogP contribution in [0.1, 0.15) is 47.0 Å². The molecule has 1 aromatic rings.